The number of rotatable bonds is 1. The molecule has 2 bridgehead atoms. The highest BCUT2D eigenvalue weighted by Gasteiger charge is 2.67. The number of carbonyl (C=O) groups excluding carboxylic acids is 1. The van der Waals surface area contributed by atoms with Gasteiger partial charge in [0, 0.05) is 5.41 Å². The van der Waals surface area contributed by atoms with E-state index in [1.54, 1.807) is 0 Å². The number of fused-ring (bicyclic) bond motifs is 2. The van der Waals surface area contributed by atoms with Gasteiger partial charge in [0.2, 0.25) is 5.24 Å². The summed E-state index contributed by atoms with van der Waals surface area (Å²) in [7, 11) is 0. The Morgan fingerprint density at radius 3 is 1.86 bits per heavy atom. The van der Waals surface area contributed by atoms with E-state index in [1.165, 1.54) is 0 Å². The molecule has 5 heteroatoms. The molecule has 0 aromatic heterocycles. The molecule has 0 aliphatic heterocycles. The Morgan fingerprint density at radius 1 is 1.14 bits per heavy atom. The SMILES string of the molecule is O=C(Cl)C12CCC(C(F)(F)F)(CC1)C2. The molecule has 0 radical (unpaired) electrons. The minimum absolute atomic E-state index is 0.0644. The first-order chi connectivity index (χ1) is 6.31. The van der Waals surface area contributed by atoms with E-state index in [0.29, 0.717) is 12.8 Å². The fourth-order valence-corrected chi connectivity index (χ4v) is 3.11. The standard InChI is InChI=1S/C9H10ClF3O/c10-6(14)7-1-3-8(5-7,4-2-7)9(11,12)13/h1-5H2. The first-order valence-corrected chi connectivity index (χ1v) is 4.96. The van der Waals surface area contributed by atoms with Crippen molar-refractivity contribution < 1.29 is 18.0 Å². The van der Waals surface area contributed by atoms with Gasteiger partial charge in [0.25, 0.3) is 0 Å². The summed E-state index contributed by atoms with van der Waals surface area (Å²) < 4.78 is 38.2. The van der Waals surface area contributed by atoms with Crippen molar-refractivity contribution in [2.45, 2.75) is 38.3 Å². The van der Waals surface area contributed by atoms with Gasteiger partial charge in [-0.05, 0) is 43.7 Å². The number of hydrogen-bond acceptors (Lipinski definition) is 1. The molecule has 0 amide bonds. The summed E-state index contributed by atoms with van der Waals surface area (Å²) in [6.07, 6.45) is -3.54. The van der Waals surface area contributed by atoms with Crippen LogP contribution in [0.15, 0.2) is 0 Å². The van der Waals surface area contributed by atoms with Gasteiger partial charge in [-0.15, -0.1) is 0 Å². The molecule has 0 unspecified atom stereocenters. The summed E-state index contributed by atoms with van der Waals surface area (Å²) in [5, 5.41) is -0.582. The highest BCUT2D eigenvalue weighted by atomic mass is 35.5. The molecule has 0 spiro atoms. The van der Waals surface area contributed by atoms with Crippen LogP contribution in [0.1, 0.15) is 32.1 Å². The molecule has 2 fully saturated rings. The lowest BCUT2D eigenvalue weighted by molar-refractivity contribution is -0.220. The topological polar surface area (TPSA) is 17.1 Å². The molecule has 1 nitrogen and oxygen atoms in total. The molecular weight excluding hydrogens is 217 g/mol. The van der Waals surface area contributed by atoms with Crippen molar-refractivity contribution in [2.75, 3.05) is 0 Å². The molecule has 0 aromatic rings. The maximum absolute atomic E-state index is 12.7. The van der Waals surface area contributed by atoms with Gasteiger partial charge in [0.15, 0.2) is 0 Å². The second kappa shape index (κ2) is 2.65. The lowest BCUT2D eigenvalue weighted by atomic mass is 9.82. The fourth-order valence-electron chi connectivity index (χ4n) is 2.86. The Morgan fingerprint density at radius 2 is 1.64 bits per heavy atom. The first-order valence-electron chi connectivity index (χ1n) is 4.58. The smallest absolute Gasteiger partial charge is 0.281 e. The molecule has 0 saturated heterocycles. The summed E-state index contributed by atoms with van der Waals surface area (Å²) in [6.45, 7) is 0. The Bertz CT molecular complexity index is 276. The predicted octanol–water partition coefficient (Wildman–Crippen LogP) is 3.26. The van der Waals surface area contributed by atoms with Crippen LogP contribution in [0, 0.1) is 10.8 Å². The van der Waals surface area contributed by atoms with Crippen LogP contribution < -0.4 is 0 Å². The zero-order chi connectivity index (χ0) is 10.6. The third-order valence-electron chi connectivity index (χ3n) is 3.86. The molecule has 80 valence electrons. The largest absolute Gasteiger partial charge is 0.394 e. The minimum atomic E-state index is -4.18. The third-order valence-corrected chi connectivity index (χ3v) is 4.26. The van der Waals surface area contributed by atoms with Crippen LogP contribution in [0.5, 0.6) is 0 Å². The second-order valence-electron chi connectivity index (χ2n) is 4.51. The van der Waals surface area contributed by atoms with Crippen molar-refractivity contribution >= 4 is 16.8 Å². The second-order valence-corrected chi connectivity index (χ2v) is 4.85. The van der Waals surface area contributed by atoms with E-state index < -0.39 is 22.2 Å². The zero-order valence-corrected chi connectivity index (χ0v) is 8.21. The maximum Gasteiger partial charge on any atom is 0.394 e. The van der Waals surface area contributed by atoms with Crippen LogP contribution in [0.2, 0.25) is 0 Å². The quantitative estimate of drug-likeness (QED) is 0.627. The summed E-state index contributed by atoms with van der Waals surface area (Å²) in [4.78, 5) is 11.1. The van der Waals surface area contributed by atoms with E-state index in [4.69, 9.17) is 11.6 Å². The third kappa shape index (κ3) is 1.12. The highest BCUT2D eigenvalue weighted by Crippen LogP contribution is 2.67. The van der Waals surface area contributed by atoms with Gasteiger partial charge < -0.3 is 0 Å². The van der Waals surface area contributed by atoms with Crippen LogP contribution >= 0.6 is 11.6 Å². The van der Waals surface area contributed by atoms with Crippen molar-refractivity contribution in [1.29, 1.82) is 0 Å². The number of carbonyl (C=O) groups is 1. The van der Waals surface area contributed by atoms with Gasteiger partial charge in [-0.2, -0.15) is 13.2 Å². The Labute approximate surface area is 84.6 Å². The normalized spacial score (nSPS) is 41.7. The molecule has 14 heavy (non-hydrogen) atoms. The predicted molar refractivity (Wildman–Crippen MR) is 44.9 cm³/mol. The van der Waals surface area contributed by atoms with E-state index in [0.717, 1.165) is 0 Å². The van der Waals surface area contributed by atoms with Crippen molar-refractivity contribution in [1.82, 2.24) is 0 Å². The summed E-state index contributed by atoms with van der Waals surface area (Å²) in [5.41, 5.74) is -2.48. The van der Waals surface area contributed by atoms with Gasteiger partial charge in [-0.25, -0.2) is 0 Å². The summed E-state index contributed by atoms with van der Waals surface area (Å²) >= 11 is 5.37. The first kappa shape index (κ1) is 10.3. The van der Waals surface area contributed by atoms with Gasteiger partial charge in [-0.3, -0.25) is 4.79 Å². The molecule has 2 aliphatic carbocycles. The van der Waals surface area contributed by atoms with Crippen LogP contribution in [0.4, 0.5) is 13.2 Å². The van der Waals surface area contributed by atoms with Crippen molar-refractivity contribution in [2.24, 2.45) is 10.8 Å². The van der Waals surface area contributed by atoms with Crippen molar-refractivity contribution in [3.8, 4) is 0 Å². The van der Waals surface area contributed by atoms with Crippen LogP contribution in [0.3, 0.4) is 0 Å². The number of halogens is 4. The van der Waals surface area contributed by atoms with Gasteiger partial charge in [0.05, 0.1) is 5.41 Å². The van der Waals surface area contributed by atoms with E-state index >= 15 is 0 Å². The highest BCUT2D eigenvalue weighted by molar-refractivity contribution is 6.64. The maximum atomic E-state index is 12.7. The molecule has 2 rings (SSSR count). The Kier molecular flexibility index (Phi) is 1.95. The van der Waals surface area contributed by atoms with Gasteiger partial charge in [-0.1, -0.05) is 0 Å². The Balaban J connectivity index is 2.29. The van der Waals surface area contributed by atoms with Crippen LogP contribution in [0.25, 0.3) is 0 Å². The fraction of sp³-hybridized carbons (Fsp3) is 0.889. The molecule has 0 N–H and O–H groups in total. The molecule has 2 saturated carbocycles. The number of alkyl halides is 3. The van der Waals surface area contributed by atoms with Crippen molar-refractivity contribution in [3.05, 3.63) is 0 Å². The monoisotopic (exact) mass is 226 g/mol. The molecule has 0 atom stereocenters. The van der Waals surface area contributed by atoms with Gasteiger partial charge >= 0.3 is 6.18 Å². The van der Waals surface area contributed by atoms with Crippen LogP contribution in [-0.2, 0) is 4.79 Å². The van der Waals surface area contributed by atoms with Crippen molar-refractivity contribution in [3.63, 3.8) is 0 Å². The van der Waals surface area contributed by atoms with E-state index in [9.17, 15) is 18.0 Å². The number of hydrogen-bond donors (Lipinski definition) is 0. The van der Waals surface area contributed by atoms with E-state index in [1.807, 2.05) is 0 Å². The lowest BCUT2D eigenvalue weighted by Crippen LogP contribution is -2.33. The average Bonchev–Trinajstić information content (AvgIpc) is 2.59. The molecular formula is C9H10ClF3O. The molecule has 0 aromatic carbocycles. The summed E-state index contributed by atoms with van der Waals surface area (Å²) in [5.74, 6) is 0. The van der Waals surface area contributed by atoms with Gasteiger partial charge in [0.1, 0.15) is 0 Å². The Hall–Kier alpha value is -0.250. The average molecular weight is 227 g/mol. The summed E-state index contributed by atoms with van der Waals surface area (Å²) in [6, 6.07) is 0. The molecule has 0 heterocycles. The van der Waals surface area contributed by atoms with E-state index in [2.05, 4.69) is 0 Å². The molecule has 2 aliphatic rings. The lowest BCUT2D eigenvalue weighted by Gasteiger charge is -2.29. The van der Waals surface area contributed by atoms with Crippen LogP contribution in [-0.4, -0.2) is 11.4 Å². The minimum Gasteiger partial charge on any atom is -0.281 e. The zero-order valence-electron chi connectivity index (χ0n) is 7.46. The van der Waals surface area contributed by atoms with E-state index in [-0.39, 0.29) is 19.3 Å².